The van der Waals surface area contributed by atoms with E-state index in [1.807, 2.05) is 0 Å². The van der Waals surface area contributed by atoms with Crippen LogP contribution in [0.4, 0.5) is 0 Å². The predicted octanol–water partition coefficient (Wildman–Crippen LogP) is 3.91. The van der Waals surface area contributed by atoms with Gasteiger partial charge in [-0.1, -0.05) is 44.6 Å². The molecular weight excluding hydrogens is 251 g/mol. The first-order chi connectivity index (χ1) is 4.56. The summed E-state index contributed by atoms with van der Waals surface area (Å²) in [4.78, 5) is 0. The lowest BCUT2D eigenvalue weighted by Crippen LogP contribution is -2.09. The van der Waals surface area contributed by atoms with E-state index < -0.39 is 5.57 Å². The summed E-state index contributed by atoms with van der Waals surface area (Å²) in [5, 5.41) is 0. The van der Waals surface area contributed by atoms with Crippen LogP contribution >= 0.6 is 21.8 Å². The second-order valence-corrected chi connectivity index (χ2v) is 14.9. The van der Waals surface area contributed by atoms with Crippen molar-refractivity contribution in [3.63, 3.8) is 0 Å². The van der Waals surface area contributed by atoms with Gasteiger partial charge in [0, 0.05) is 0 Å². The molecule has 0 nitrogen and oxygen atoms in total. The van der Waals surface area contributed by atoms with Gasteiger partial charge in [0.05, 0.1) is 0 Å². The van der Waals surface area contributed by atoms with Crippen molar-refractivity contribution >= 4 is 27.4 Å². The van der Waals surface area contributed by atoms with Gasteiger partial charge in [0.1, 0.15) is 5.57 Å². The Morgan fingerprint density at radius 1 is 1.40 bits per heavy atom. The van der Waals surface area contributed by atoms with Crippen LogP contribution in [0.25, 0.3) is 0 Å². The van der Waals surface area contributed by atoms with Crippen LogP contribution in [0.3, 0.4) is 0 Å². The predicted molar refractivity (Wildman–Crippen MR) is 60.2 cm³/mol. The zero-order valence-corrected chi connectivity index (χ0v) is 10.3. The molecule has 0 saturated heterocycles. The number of halogens is 1. The smallest absolute Gasteiger partial charge is 0.114 e. The van der Waals surface area contributed by atoms with Crippen molar-refractivity contribution in [2.45, 2.75) is 39.3 Å². The van der Waals surface area contributed by atoms with E-state index in [4.69, 9.17) is 0 Å². The maximum absolute atomic E-state index is 2.58. The number of unbranched alkanes of at least 4 members (excludes halogenated alkanes) is 2. The Morgan fingerprint density at radius 3 is 2.40 bits per heavy atom. The molecule has 2 heteroatoms. The fourth-order valence-electron chi connectivity index (χ4n) is 0.686. The first kappa shape index (κ1) is 10.7. The minimum Gasteiger partial charge on any atom is -0.114 e. The SMILES string of the molecule is CCCC/C=C/[Si](C)(C)I. The number of hydrogen-bond acceptors (Lipinski definition) is 0. The molecule has 0 rings (SSSR count). The van der Waals surface area contributed by atoms with Crippen molar-refractivity contribution in [2.24, 2.45) is 0 Å². The lowest BCUT2D eigenvalue weighted by atomic mass is 10.2. The minimum absolute atomic E-state index is 0.918. The van der Waals surface area contributed by atoms with Gasteiger partial charge in [0.15, 0.2) is 0 Å². The van der Waals surface area contributed by atoms with Crippen LogP contribution in [0.5, 0.6) is 0 Å². The van der Waals surface area contributed by atoms with Gasteiger partial charge in [0.25, 0.3) is 0 Å². The Kier molecular flexibility index (Phi) is 5.72. The van der Waals surface area contributed by atoms with Crippen LogP contribution < -0.4 is 0 Å². The molecule has 0 atom stereocenters. The van der Waals surface area contributed by atoms with E-state index in [1.54, 1.807) is 0 Å². The van der Waals surface area contributed by atoms with E-state index >= 15 is 0 Å². The second-order valence-electron chi connectivity index (χ2n) is 3.11. The summed E-state index contributed by atoms with van der Waals surface area (Å²) < 4.78 is 0. The van der Waals surface area contributed by atoms with Crippen molar-refractivity contribution < 1.29 is 0 Å². The lowest BCUT2D eigenvalue weighted by Gasteiger charge is -2.04. The van der Waals surface area contributed by atoms with Crippen molar-refractivity contribution in [1.82, 2.24) is 0 Å². The number of hydrogen-bond donors (Lipinski definition) is 0. The first-order valence-corrected chi connectivity index (χ1v) is 10.1. The topological polar surface area (TPSA) is 0 Å². The first-order valence-electron chi connectivity index (χ1n) is 3.93. The number of allylic oxidation sites excluding steroid dienone is 1. The van der Waals surface area contributed by atoms with E-state index in [-0.39, 0.29) is 0 Å². The highest BCUT2D eigenvalue weighted by Crippen LogP contribution is 2.13. The summed E-state index contributed by atoms with van der Waals surface area (Å²) in [6.07, 6.45) is 6.28. The van der Waals surface area contributed by atoms with Gasteiger partial charge in [0.2, 0.25) is 0 Å². The fraction of sp³-hybridized carbons (Fsp3) is 0.750. The Balaban J connectivity index is 3.37. The molecule has 0 aromatic carbocycles. The van der Waals surface area contributed by atoms with Crippen molar-refractivity contribution in [2.75, 3.05) is 0 Å². The highest BCUT2D eigenvalue weighted by atomic mass is 127. The van der Waals surface area contributed by atoms with Crippen LogP contribution in [0.1, 0.15) is 26.2 Å². The lowest BCUT2D eigenvalue weighted by molar-refractivity contribution is 0.815. The minimum atomic E-state index is -0.918. The van der Waals surface area contributed by atoms with Gasteiger partial charge in [-0.2, -0.15) is 0 Å². The highest BCUT2D eigenvalue weighted by Gasteiger charge is 2.08. The van der Waals surface area contributed by atoms with Crippen molar-refractivity contribution in [3.8, 4) is 0 Å². The molecule has 60 valence electrons. The molecular formula is C8H17ISi. The van der Waals surface area contributed by atoms with Crippen LogP contribution in [0, 0.1) is 0 Å². The molecule has 0 aromatic rings. The third-order valence-corrected chi connectivity index (χ3v) is 3.35. The number of rotatable bonds is 4. The summed E-state index contributed by atoms with van der Waals surface area (Å²) in [7, 11) is 0. The maximum Gasteiger partial charge on any atom is 0.142 e. The third-order valence-electron chi connectivity index (χ3n) is 1.24. The van der Waals surface area contributed by atoms with Gasteiger partial charge in [-0.25, -0.2) is 0 Å². The molecule has 0 N–H and O–H groups in total. The summed E-state index contributed by atoms with van der Waals surface area (Å²) >= 11 is 2.58. The Morgan fingerprint density at radius 2 is 2.00 bits per heavy atom. The summed E-state index contributed by atoms with van der Waals surface area (Å²) in [5.74, 6) is 0. The molecule has 0 bridgehead atoms. The van der Waals surface area contributed by atoms with Crippen molar-refractivity contribution in [1.29, 1.82) is 0 Å². The van der Waals surface area contributed by atoms with E-state index in [2.05, 4.69) is 53.6 Å². The normalized spacial score (nSPS) is 12.8. The Labute approximate surface area is 78.3 Å². The Hall–Kier alpha value is 0.687. The monoisotopic (exact) mass is 268 g/mol. The van der Waals surface area contributed by atoms with Crippen LogP contribution in [-0.4, -0.2) is 5.57 Å². The van der Waals surface area contributed by atoms with E-state index in [0.29, 0.717) is 0 Å². The molecule has 0 amide bonds. The van der Waals surface area contributed by atoms with E-state index in [1.165, 1.54) is 19.3 Å². The molecule has 0 heterocycles. The zero-order chi connectivity index (χ0) is 8.04. The van der Waals surface area contributed by atoms with Crippen LogP contribution in [-0.2, 0) is 0 Å². The Bertz CT molecular complexity index is 102. The molecule has 10 heavy (non-hydrogen) atoms. The highest BCUT2D eigenvalue weighted by molar-refractivity contribution is 14.1. The van der Waals surface area contributed by atoms with Gasteiger partial charge in [-0.05, 0) is 6.42 Å². The molecule has 0 fully saturated rings. The fourth-order valence-corrected chi connectivity index (χ4v) is 2.18. The van der Waals surface area contributed by atoms with Gasteiger partial charge in [-0.15, -0.1) is 21.8 Å². The standard InChI is InChI=1S/C8H17ISi/c1-4-5-6-7-8-10(2,3)9/h7-8H,4-6H2,1-3H3/b8-7+. The molecule has 0 aliphatic carbocycles. The summed E-state index contributed by atoms with van der Waals surface area (Å²) in [6.45, 7) is 6.95. The van der Waals surface area contributed by atoms with Crippen molar-refractivity contribution in [3.05, 3.63) is 11.8 Å². The molecule has 0 aliphatic rings. The summed E-state index contributed by atoms with van der Waals surface area (Å²) in [6, 6.07) is 0. The maximum atomic E-state index is 2.58. The second kappa shape index (κ2) is 5.35. The van der Waals surface area contributed by atoms with E-state index in [0.717, 1.165) is 0 Å². The average molecular weight is 268 g/mol. The molecule has 0 spiro atoms. The quantitative estimate of drug-likeness (QED) is 0.314. The molecule has 0 radical (unpaired) electrons. The van der Waals surface area contributed by atoms with Gasteiger partial charge < -0.3 is 0 Å². The molecule has 0 saturated carbocycles. The average Bonchev–Trinajstić information content (AvgIpc) is 1.78. The molecule has 0 aliphatic heterocycles. The summed E-state index contributed by atoms with van der Waals surface area (Å²) in [5.41, 5.74) is 1.50. The van der Waals surface area contributed by atoms with Gasteiger partial charge >= 0.3 is 0 Å². The zero-order valence-electron chi connectivity index (χ0n) is 7.15. The van der Waals surface area contributed by atoms with Crippen LogP contribution in [0.15, 0.2) is 11.8 Å². The molecule has 0 unspecified atom stereocenters. The largest absolute Gasteiger partial charge is 0.142 e. The van der Waals surface area contributed by atoms with E-state index in [9.17, 15) is 0 Å². The third kappa shape index (κ3) is 8.69. The molecule has 0 aromatic heterocycles. The van der Waals surface area contributed by atoms with Gasteiger partial charge in [-0.3, -0.25) is 0 Å². The van der Waals surface area contributed by atoms with Crippen LogP contribution in [0.2, 0.25) is 13.1 Å².